The first-order valence-electron chi connectivity index (χ1n) is 11.8. The van der Waals surface area contributed by atoms with E-state index in [-0.39, 0.29) is 11.0 Å². The van der Waals surface area contributed by atoms with Gasteiger partial charge in [-0.05, 0) is 52.7 Å². The second-order valence-electron chi connectivity index (χ2n) is 10.3. The van der Waals surface area contributed by atoms with E-state index in [0.717, 1.165) is 11.3 Å². The highest BCUT2D eigenvalue weighted by Crippen LogP contribution is 2.44. The fourth-order valence-electron chi connectivity index (χ4n) is 5.41. The second-order valence-corrected chi connectivity index (χ2v) is 11.8. The maximum atomic E-state index is 14.1. The van der Waals surface area contributed by atoms with E-state index >= 15 is 0 Å². The summed E-state index contributed by atoms with van der Waals surface area (Å²) in [5.74, 6) is 2.19. The zero-order valence-corrected chi connectivity index (χ0v) is 20.1. The molecule has 0 aliphatic heterocycles. The Hall–Kier alpha value is -0.960. The van der Waals surface area contributed by atoms with Gasteiger partial charge in [-0.1, -0.05) is 85.8 Å². The Morgan fingerprint density at radius 3 is 1.86 bits per heavy atom. The van der Waals surface area contributed by atoms with E-state index in [2.05, 4.69) is 53.7 Å². The molecule has 3 atom stereocenters. The van der Waals surface area contributed by atoms with Gasteiger partial charge >= 0.3 is 0 Å². The molecule has 2 fully saturated rings. The number of rotatable bonds is 6. The molecule has 2 aliphatic rings. The molecule has 0 radical (unpaired) electrons. The number of Topliss-reactive ketones (excluding diaryl/α,β-unsaturated/α-hetero) is 1. The Morgan fingerprint density at radius 1 is 0.828 bits per heavy atom. The highest BCUT2D eigenvalue weighted by Gasteiger charge is 2.44. The lowest BCUT2D eigenvalue weighted by Crippen LogP contribution is -2.33. The molecular weight excluding hydrogens is 376 g/mol. The Bertz CT molecular complexity index is 727. The number of ketones is 1. The van der Waals surface area contributed by atoms with Crippen molar-refractivity contribution in [3.8, 4) is 0 Å². The minimum atomic E-state index is -1.26. The highest BCUT2D eigenvalue weighted by molar-refractivity contribution is 7.86. The maximum absolute atomic E-state index is 14.1. The van der Waals surface area contributed by atoms with Gasteiger partial charge in [0.1, 0.15) is 11.0 Å². The minimum Gasteiger partial charge on any atom is -0.298 e. The first-order valence-corrected chi connectivity index (χ1v) is 13.0. The largest absolute Gasteiger partial charge is 0.298 e. The molecule has 0 unspecified atom stereocenters. The highest BCUT2D eigenvalue weighted by atomic mass is 32.2. The van der Waals surface area contributed by atoms with Crippen molar-refractivity contribution >= 4 is 16.6 Å². The average Bonchev–Trinajstić information content (AvgIpc) is 3.08. The number of hydrogen-bond acceptors (Lipinski definition) is 2. The molecule has 3 heteroatoms. The summed E-state index contributed by atoms with van der Waals surface area (Å²) < 4.78 is 14.1. The fourth-order valence-corrected chi connectivity index (χ4v) is 7.75. The zero-order chi connectivity index (χ0) is 21.3. The van der Waals surface area contributed by atoms with Crippen molar-refractivity contribution in [1.82, 2.24) is 0 Å². The summed E-state index contributed by atoms with van der Waals surface area (Å²) in [6.45, 7) is 13.2. The minimum absolute atomic E-state index is 0.247. The molecule has 0 aromatic heterocycles. The quantitative estimate of drug-likeness (QED) is 0.496. The van der Waals surface area contributed by atoms with E-state index < -0.39 is 10.8 Å². The van der Waals surface area contributed by atoms with Crippen LogP contribution in [0.3, 0.4) is 0 Å². The molecule has 162 valence electrons. The van der Waals surface area contributed by atoms with E-state index in [9.17, 15) is 9.00 Å². The summed E-state index contributed by atoms with van der Waals surface area (Å²) in [5.41, 5.74) is 3.71. The number of carbonyl (C=O) groups excluding carboxylic acids is 1. The van der Waals surface area contributed by atoms with Gasteiger partial charge in [-0.25, -0.2) is 0 Å². The Labute approximate surface area is 180 Å². The molecule has 0 amide bonds. The topological polar surface area (TPSA) is 34.1 Å². The summed E-state index contributed by atoms with van der Waals surface area (Å²) in [5, 5.41) is -0.294. The molecule has 0 saturated heterocycles. The molecule has 2 saturated carbocycles. The second kappa shape index (κ2) is 9.45. The Morgan fingerprint density at radius 2 is 1.38 bits per heavy atom. The third kappa shape index (κ3) is 4.70. The van der Waals surface area contributed by atoms with Crippen molar-refractivity contribution in [3.63, 3.8) is 0 Å². The van der Waals surface area contributed by atoms with Crippen molar-refractivity contribution in [2.45, 2.75) is 114 Å². The van der Waals surface area contributed by atoms with Crippen LogP contribution in [0.25, 0.3) is 0 Å². The normalized spacial score (nSPS) is 24.8. The molecule has 29 heavy (non-hydrogen) atoms. The number of benzene rings is 1. The van der Waals surface area contributed by atoms with Crippen LogP contribution in [0.1, 0.15) is 121 Å². The van der Waals surface area contributed by atoms with E-state index in [1.807, 2.05) is 0 Å². The maximum Gasteiger partial charge on any atom is 0.149 e. The van der Waals surface area contributed by atoms with Gasteiger partial charge in [0.25, 0.3) is 0 Å². The predicted molar refractivity (Wildman–Crippen MR) is 123 cm³/mol. The smallest absolute Gasteiger partial charge is 0.149 e. The van der Waals surface area contributed by atoms with Crippen LogP contribution < -0.4 is 0 Å². The Balaban J connectivity index is 2.07. The lowest BCUT2D eigenvalue weighted by molar-refractivity contribution is -0.117. The molecule has 1 aromatic rings. The standard InChI is InChI=1S/C26H40O2S/c1-16(2)20-14-22(17(3)4)25(23(15-20)18(5)6)29(28)26-21(12-13-24(26)27)19-10-8-7-9-11-19/h14-19,21,26H,7-13H2,1-6H3/t21-,26-,29+/m1/s1. The molecule has 0 bridgehead atoms. The fraction of sp³-hybridized carbons (Fsp3) is 0.731. The average molecular weight is 417 g/mol. The molecule has 2 aliphatic carbocycles. The first kappa shape index (κ1) is 22.7. The van der Waals surface area contributed by atoms with Crippen molar-refractivity contribution in [1.29, 1.82) is 0 Å². The van der Waals surface area contributed by atoms with Crippen LogP contribution in [0, 0.1) is 11.8 Å². The first-order chi connectivity index (χ1) is 13.7. The summed E-state index contributed by atoms with van der Waals surface area (Å²) in [7, 11) is -1.26. The van der Waals surface area contributed by atoms with Gasteiger partial charge in [0.05, 0.1) is 10.8 Å². The van der Waals surface area contributed by atoms with Crippen LogP contribution in [0.2, 0.25) is 0 Å². The van der Waals surface area contributed by atoms with Crippen LogP contribution in [-0.2, 0) is 15.6 Å². The number of hydrogen-bond donors (Lipinski definition) is 0. The molecule has 0 heterocycles. The van der Waals surface area contributed by atoms with Gasteiger partial charge in [0, 0.05) is 11.3 Å². The van der Waals surface area contributed by atoms with Crippen LogP contribution in [-0.4, -0.2) is 15.2 Å². The molecule has 1 aromatic carbocycles. The van der Waals surface area contributed by atoms with Crippen molar-refractivity contribution < 1.29 is 9.00 Å². The predicted octanol–water partition coefficient (Wildman–Crippen LogP) is 7.09. The Kier molecular flexibility index (Phi) is 7.41. The SMILES string of the molecule is CC(C)c1cc(C(C)C)c([S@](=O)[C@H]2C(=O)CC[C@@H]2C2CCCCC2)c(C(C)C)c1. The lowest BCUT2D eigenvalue weighted by atomic mass is 9.79. The third-order valence-electron chi connectivity index (χ3n) is 7.20. The van der Waals surface area contributed by atoms with Gasteiger partial charge in [0.2, 0.25) is 0 Å². The van der Waals surface area contributed by atoms with Crippen LogP contribution in [0.15, 0.2) is 17.0 Å². The molecule has 0 spiro atoms. The van der Waals surface area contributed by atoms with Crippen molar-refractivity contribution in [3.05, 3.63) is 28.8 Å². The van der Waals surface area contributed by atoms with Gasteiger partial charge in [-0.2, -0.15) is 0 Å². The van der Waals surface area contributed by atoms with E-state index in [1.54, 1.807) is 0 Å². The van der Waals surface area contributed by atoms with Gasteiger partial charge in [0.15, 0.2) is 0 Å². The summed E-state index contributed by atoms with van der Waals surface area (Å²) >= 11 is 0. The summed E-state index contributed by atoms with van der Waals surface area (Å²) in [4.78, 5) is 14.0. The van der Waals surface area contributed by atoms with E-state index in [1.165, 1.54) is 48.8 Å². The van der Waals surface area contributed by atoms with Gasteiger partial charge in [-0.3, -0.25) is 9.00 Å². The van der Waals surface area contributed by atoms with E-state index in [0.29, 0.717) is 36.0 Å². The zero-order valence-electron chi connectivity index (χ0n) is 19.3. The van der Waals surface area contributed by atoms with Crippen LogP contribution >= 0.6 is 0 Å². The monoisotopic (exact) mass is 416 g/mol. The third-order valence-corrected chi connectivity index (χ3v) is 9.14. The van der Waals surface area contributed by atoms with Crippen LogP contribution in [0.4, 0.5) is 0 Å². The lowest BCUT2D eigenvalue weighted by Gasteiger charge is -2.32. The van der Waals surface area contributed by atoms with Crippen LogP contribution in [0.5, 0.6) is 0 Å². The summed E-state index contributed by atoms with van der Waals surface area (Å²) in [6.07, 6.45) is 7.85. The van der Waals surface area contributed by atoms with Gasteiger partial charge in [-0.15, -0.1) is 0 Å². The molecule has 3 rings (SSSR count). The molecule has 0 N–H and O–H groups in total. The molecular formula is C26H40O2S. The van der Waals surface area contributed by atoms with E-state index in [4.69, 9.17) is 0 Å². The molecule has 2 nitrogen and oxygen atoms in total. The summed E-state index contributed by atoms with van der Waals surface area (Å²) in [6, 6.07) is 4.53. The number of carbonyl (C=O) groups is 1. The van der Waals surface area contributed by atoms with Crippen molar-refractivity contribution in [2.75, 3.05) is 0 Å². The van der Waals surface area contributed by atoms with Crippen molar-refractivity contribution in [2.24, 2.45) is 11.8 Å². The van der Waals surface area contributed by atoms with Gasteiger partial charge < -0.3 is 0 Å².